The number of nitrogens with one attached hydrogen (secondary N) is 2. The Hall–Kier alpha value is -4.10. The average molecular weight is 407 g/mol. The molecule has 0 saturated carbocycles. The van der Waals surface area contributed by atoms with Gasteiger partial charge in [-0.25, -0.2) is 0 Å². The van der Waals surface area contributed by atoms with Crippen molar-refractivity contribution < 1.29 is 28.6 Å². The Morgan fingerprint density at radius 2 is 1.83 bits per heavy atom. The molecule has 0 aliphatic carbocycles. The molecule has 9 heteroatoms. The number of amides is 2. The molecule has 1 unspecified atom stereocenters. The monoisotopic (exact) mass is 407 g/mol. The molecule has 0 spiro atoms. The van der Waals surface area contributed by atoms with Gasteiger partial charge in [0.2, 0.25) is 5.78 Å². The van der Waals surface area contributed by atoms with E-state index in [0.29, 0.717) is 36.1 Å². The second kappa shape index (κ2) is 7.73. The first-order valence-electron chi connectivity index (χ1n) is 9.05. The van der Waals surface area contributed by atoms with Crippen molar-refractivity contribution in [2.24, 2.45) is 0 Å². The van der Waals surface area contributed by atoms with Crippen LogP contribution in [0.15, 0.2) is 48.0 Å². The van der Waals surface area contributed by atoms with Crippen molar-refractivity contribution in [3.05, 3.63) is 48.0 Å². The summed E-state index contributed by atoms with van der Waals surface area (Å²) in [6.07, 6.45) is 0. The van der Waals surface area contributed by atoms with Crippen LogP contribution in [0.1, 0.15) is 0 Å². The molecule has 1 saturated heterocycles. The normalized spacial score (nSPS) is 17.6. The van der Waals surface area contributed by atoms with E-state index in [1.807, 2.05) is 5.87 Å². The number of fused-ring (bicyclic) bond motifs is 1. The predicted octanol–water partition coefficient (Wildman–Crippen LogP) is 1.56. The topological polar surface area (TPSA) is 118 Å². The zero-order valence-corrected chi connectivity index (χ0v) is 15.9. The smallest absolute Gasteiger partial charge is 0.272 e. The molecule has 2 aromatic carbocycles. The molecule has 1 atom stereocenters. The van der Waals surface area contributed by atoms with E-state index in [9.17, 15) is 14.4 Å². The van der Waals surface area contributed by atoms with Gasteiger partial charge in [-0.15, -0.1) is 0 Å². The Balaban J connectivity index is 1.68. The Bertz CT molecular complexity index is 1090. The van der Waals surface area contributed by atoms with E-state index in [1.54, 1.807) is 36.4 Å². The van der Waals surface area contributed by atoms with Crippen molar-refractivity contribution in [2.75, 3.05) is 30.5 Å². The lowest BCUT2D eigenvalue weighted by Gasteiger charge is -2.25. The number of anilines is 2. The summed E-state index contributed by atoms with van der Waals surface area (Å²) in [4.78, 5) is 39.5. The molecule has 2 aromatic rings. The van der Waals surface area contributed by atoms with Crippen molar-refractivity contribution in [2.45, 2.75) is 6.04 Å². The van der Waals surface area contributed by atoms with Crippen LogP contribution < -0.4 is 24.4 Å². The third-order valence-corrected chi connectivity index (χ3v) is 4.72. The van der Waals surface area contributed by atoms with Gasteiger partial charge in [0.1, 0.15) is 24.5 Å². The molecule has 2 amide bonds. The van der Waals surface area contributed by atoms with E-state index in [0.717, 1.165) is 4.90 Å². The van der Waals surface area contributed by atoms with Gasteiger partial charge in [0.15, 0.2) is 17.5 Å². The molecule has 2 heterocycles. The van der Waals surface area contributed by atoms with Gasteiger partial charge in [0.25, 0.3) is 11.8 Å². The van der Waals surface area contributed by atoms with Gasteiger partial charge in [-0.2, -0.15) is 0 Å². The first-order valence-corrected chi connectivity index (χ1v) is 9.05. The second-order valence-electron chi connectivity index (χ2n) is 6.49. The number of ether oxygens (including phenoxy) is 3. The van der Waals surface area contributed by atoms with Gasteiger partial charge >= 0.3 is 0 Å². The van der Waals surface area contributed by atoms with E-state index >= 15 is 0 Å². The van der Waals surface area contributed by atoms with Gasteiger partial charge in [-0.3, -0.25) is 24.7 Å². The summed E-state index contributed by atoms with van der Waals surface area (Å²) in [7, 11) is 1.52. The van der Waals surface area contributed by atoms with Crippen molar-refractivity contribution in [3.8, 4) is 17.2 Å². The number of rotatable bonds is 4. The van der Waals surface area contributed by atoms with Crippen LogP contribution in [0.25, 0.3) is 0 Å². The summed E-state index contributed by atoms with van der Waals surface area (Å²) in [5.41, 5.74) is 0.216. The van der Waals surface area contributed by atoms with Crippen LogP contribution in [0, 0.1) is 5.41 Å². The molecule has 4 rings (SSSR count). The largest absolute Gasteiger partial charge is 0.497 e. The van der Waals surface area contributed by atoms with Gasteiger partial charge in [0.05, 0.1) is 7.11 Å². The fourth-order valence-corrected chi connectivity index (χ4v) is 3.28. The van der Waals surface area contributed by atoms with Crippen LogP contribution in [0.4, 0.5) is 11.4 Å². The number of Topliss-reactive ketones (excluding diaryl/α,β-unsaturated/α-hetero) is 1. The summed E-state index contributed by atoms with van der Waals surface area (Å²) in [5.74, 6) is 1.09. The second-order valence-corrected chi connectivity index (χ2v) is 6.49. The van der Waals surface area contributed by atoms with Gasteiger partial charge in [-0.1, -0.05) is 0 Å². The fourth-order valence-electron chi connectivity index (χ4n) is 3.28. The van der Waals surface area contributed by atoms with Crippen LogP contribution in [0.2, 0.25) is 0 Å². The van der Waals surface area contributed by atoms with Crippen LogP contribution in [-0.2, 0) is 14.4 Å². The van der Waals surface area contributed by atoms with Gasteiger partial charge in [-0.05, 0) is 42.3 Å². The van der Waals surface area contributed by atoms with Crippen molar-refractivity contribution in [1.82, 2.24) is 0 Å². The SMILES string of the molecule is COc1ccc(NC(=O)C2C(=O)C(=C=N)C(=O)N2c2ccc3c(c2)OCCO3)cc1. The molecule has 2 aliphatic heterocycles. The molecular formula is C21H17N3O6. The maximum atomic E-state index is 12.9. The first-order chi connectivity index (χ1) is 14.5. The zero-order chi connectivity index (χ0) is 21.3. The minimum Gasteiger partial charge on any atom is -0.497 e. The third kappa shape index (κ3) is 3.27. The van der Waals surface area contributed by atoms with Gasteiger partial charge in [0, 0.05) is 17.4 Å². The Kier molecular flexibility index (Phi) is 4.95. The van der Waals surface area contributed by atoms with Crippen LogP contribution >= 0.6 is 0 Å². The highest BCUT2D eigenvalue weighted by Crippen LogP contribution is 2.37. The predicted molar refractivity (Wildman–Crippen MR) is 107 cm³/mol. The third-order valence-electron chi connectivity index (χ3n) is 4.72. The number of carbonyl (C=O) groups excluding carboxylic acids is 3. The standard InChI is InChI=1S/C21H17N3O6/c1-28-14-5-2-12(3-6-14)23-20(26)18-19(25)15(11-22)21(27)24(18)13-4-7-16-17(10-13)30-9-8-29-16/h2-7,10,18,22H,8-9H2,1H3,(H,23,26). The molecule has 1 fully saturated rings. The Labute approximate surface area is 171 Å². The quantitative estimate of drug-likeness (QED) is 0.344. The van der Waals surface area contributed by atoms with E-state index in [4.69, 9.17) is 19.6 Å². The lowest BCUT2D eigenvalue weighted by molar-refractivity contribution is -0.124. The Morgan fingerprint density at radius 1 is 1.13 bits per heavy atom. The minimum absolute atomic E-state index is 0.276. The number of ketones is 1. The highest BCUT2D eigenvalue weighted by atomic mass is 16.6. The van der Waals surface area contributed by atoms with Crippen LogP contribution in [0.5, 0.6) is 17.2 Å². The zero-order valence-electron chi connectivity index (χ0n) is 15.9. The fraction of sp³-hybridized carbons (Fsp3) is 0.190. The van der Waals surface area contributed by atoms with Crippen LogP contribution in [0.3, 0.4) is 0 Å². The van der Waals surface area contributed by atoms with Crippen molar-refractivity contribution >= 4 is 34.8 Å². The number of carbonyl (C=O) groups is 3. The molecule has 0 radical (unpaired) electrons. The van der Waals surface area contributed by atoms with E-state index in [-0.39, 0.29) is 5.69 Å². The highest BCUT2D eigenvalue weighted by molar-refractivity contribution is 6.42. The summed E-state index contributed by atoms with van der Waals surface area (Å²) in [6.45, 7) is 0.747. The number of nitrogens with zero attached hydrogens (tertiary/aromatic N) is 1. The lowest BCUT2D eigenvalue weighted by atomic mass is 10.1. The van der Waals surface area contributed by atoms with Crippen molar-refractivity contribution in [3.63, 3.8) is 0 Å². The lowest BCUT2D eigenvalue weighted by Crippen LogP contribution is -2.45. The van der Waals surface area contributed by atoms with Gasteiger partial charge < -0.3 is 19.5 Å². The molecule has 30 heavy (non-hydrogen) atoms. The molecular weight excluding hydrogens is 390 g/mol. The maximum Gasteiger partial charge on any atom is 0.272 e. The maximum absolute atomic E-state index is 12.9. The van der Waals surface area contributed by atoms with E-state index in [2.05, 4.69) is 5.32 Å². The summed E-state index contributed by atoms with van der Waals surface area (Å²) in [6, 6.07) is 9.73. The molecule has 2 aliphatic rings. The first kappa shape index (κ1) is 19.2. The Morgan fingerprint density at radius 3 is 2.50 bits per heavy atom. The van der Waals surface area contributed by atoms with Crippen molar-refractivity contribution in [1.29, 1.82) is 5.41 Å². The average Bonchev–Trinajstić information content (AvgIpc) is 3.03. The number of benzene rings is 2. The van der Waals surface area contributed by atoms with Crippen LogP contribution in [-0.4, -0.2) is 49.8 Å². The molecule has 0 aromatic heterocycles. The number of hydrogen-bond donors (Lipinski definition) is 2. The summed E-state index contributed by atoms with van der Waals surface area (Å²) < 4.78 is 16.1. The molecule has 152 valence electrons. The molecule has 2 N–H and O–H groups in total. The molecule has 0 bridgehead atoms. The summed E-state index contributed by atoms with van der Waals surface area (Å²) in [5, 5.41) is 9.94. The minimum atomic E-state index is -1.48. The number of hydrogen-bond acceptors (Lipinski definition) is 7. The van der Waals surface area contributed by atoms with E-state index in [1.165, 1.54) is 13.2 Å². The number of methoxy groups -OCH3 is 1. The molecule has 9 nitrogen and oxygen atoms in total. The highest BCUT2D eigenvalue weighted by Gasteiger charge is 2.48. The van der Waals surface area contributed by atoms with E-state index < -0.39 is 29.2 Å². The summed E-state index contributed by atoms with van der Waals surface area (Å²) >= 11 is 0.